The van der Waals surface area contributed by atoms with Crippen molar-refractivity contribution in [2.24, 2.45) is 10.7 Å². The molecule has 1 fully saturated rings. The van der Waals surface area contributed by atoms with Gasteiger partial charge in [-0.2, -0.15) is 4.31 Å². The fourth-order valence-corrected chi connectivity index (χ4v) is 4.95. The second kappa shape index (κ2) is 8.62. The summed E-state index contributed by atoms with van der Waals surface area (Å²) in [5.74, 6) is 0.393. The van der Waals surface area contributed by atoms with Crippen LogP contribution < -0.4 is 11.1 Å². The highest BCUT2D eigenvalue weighted by molar-refractivity contribution is 7.91. The van der Waals surface area contributed by atoms with E-state index in [9.17, 15) is 8.42 Å². The molecule has 2 rings (SSSR count). The first-order chi connectivity index (χ1) is 11.0. The summed E-state index contributed by atoms with van der Waals surface area (Å²) in [7, 11) is -3.42. The van der Waals surface area contributed by atoms with Crippen LogP contribution in [-0.4, -0.2) is 51.5 Å². The van der Waals surface area contributed by atoms with Gasteiger partial charge in [-0.3, -0.25) is 0 Å². The first-order valence-electron chi connectivity index (χ1n) is 7.74. The van der Waals surface area contributed by atoms with Gasteiger partial charge in [-0.25, -0.2) is 13.4 Å². The van der Waals surface area contributed by atoms with Gasteiger partial charge in [-0.05, 0) is 18.6 Å². The summed E-state index contributed by atoms with van der Waals surface area (Å²) in [6.07, 6.45) is 2.13. The van der Waals surface area contributed by atoms with Crippen LogP contribution in [0.1, 0.15) is 24.6 Å². The predicted molar refractivity (Wildman–Crippen MR) is 92.1 cm³/mol. The minimum atomic E-state index is -3.42. The molecule has 3 N–H and O–H groups in total. The summed E-state index contributed by atoms with van der Waals surface area (Å²) in [6.45, 7) is 4.99. The third-order valence-corrected chi connectivity index (χ3v) is 6.88. The van der Waals surface area contributed by atoms with E-state index in [4.69, 9.17) is 10.5 Å². The van der Waals surface area contributed by atoms with Crippen molar-refractivity contribution in [1.29, 1.82) is 0 Å². The van der Waals surface area contributed by atoms with Gasteiger partial charge in [0.15, 0.2) is 5.96 Å². The second-order valence-electron chi connectivity index (χ2n) is 5.22. The van der Waals surface area contributed by atoms with Crippen molar-refractivity contribution in [2.45, 2.75) is 30.5 Å². The Labute approximate surface area is 141 Å². The summed E-state index contributed by atoms with van der Waals surface area (Å²) in [5.41, 5.74) is 5.77. The molecule has 1 aromatic rings. The molecule has 1 aromatic heterocycles. The number of nitrogens with zero attached hydrogens (tertiary/aromatic N) is 2. The van der Waals surface area contributed by atoms with Gasteiger partial charge in [0.2, 0.25) is 0 Å². The van der Waals surface area contributed by atoms with Crippen molar-refractivity contribution in [2.75, 3.05) is 32.8 Å². The average molecular weight is 361 g/mol. The monoisotopic (exact) mass is 360 g/mol. The van der Waals surface area contributed by atoms with Gasteiger partial charge in [0.25, 0.3) is 10.0 Å². The number of rotatable bonds is 7. The molecule has 2 heterocycles. The quantitative estimate of drug-likeness (QED) is 0.429. The molecule has 0 atom stereocenters. The first-order valence-corrected chi connectivity index (χ1v) is 10.00. The molecule has 1 saturated heterocycles. The van der Waals surface area contributed by atoms with Gasteiger partial charge in [0, 0.05) is 24.5 Å². The molecular formula is C14H24N4O3S2. The molecule has 0 saturated carbocycles. The van der Waals surface area contributed by atoms with E-state index in [1.807, 2.05) is 0 Å². The normalized spacial score (nSPS) is 17.3. The lowest BCUT2D eigenvalue weighted by molar-refractivity contribution is 0.0731. The Kier molecular flexibility index (Phi) is 6.82. The summed E-state index contributed by atoms with van der Waals surface area (Å²) >= 11 is 1.24. The Bertz CT molecular complexity index is 622. The zero-order valence-electron chi connectivity index (χ0n) is 13.3. The zero-order valence-corrected chi connectivity index (χ0v) is 15.0. The van der Waals surface area contributed by atoms with Gasteiger partial charge >= 0.3 is 0 Å². The molecule has 0 aromatic carbocycles. The Morgan fingerprint density at radius 2 is 2.17 bits per heavy atom. The third kappa shape index (κ3) is 5.17. The zero-order chi connectivity index (χ0) is 16.7. The molecule has 0 bridgehead atoms. The molecule has 9 heteroatoms. The number of sulfonamides is 1. The number of nitrogens with two attached hydrogens (primary N) is 1. The van der Waals surface area contributed by atoms with E-state index in [0.29, 0.717) is 43.0 Å². The van der Waals surface area contributed by atoms with Gasteiger partial charge < -0.3 is 15.8 Å². The number of ether oxygens (including phenoxy) is 1. The van der Waals surface area contributed by atoms with Crippen LogP contribution in [0, 0.1) is 0 Å². The van der Waals surface area contributed by atoms with Crippen molar-refractivity contribution in [1.82, 2.24) is 9.62 Å². The smallest absolute Gasteiger partial charge is 0.252 e. The molecule has 0 radical (unpaired) electrons. The lowest BCUT2D eigenvalue weighted by Crippen LogP contribution is -2.40. The number of thiophene rings is 1. The molecule has 0 aliphatic carbocycles. The number of guanidine groups is 1. The van der Waals surface area contributed by atoms with E-state index in [2.05, 4.69) is 17.2 Å². The highest BCUT2D eigenvalue weighted by Gasteiger charge is 2.27. The lowest BCUT2D eigenvalue weighted by Gasteiger charge is -2.25. The number of unbranched alkanes of at least 4 members (excludes halogenated alkanes) is 1. The summed E-state index contributed by atoms with van der Waals surface area (Å²) < 4.78 is 32.1. The molecule has 1 aliphatic rings. The van der Waals surface area contributed by atoms with E-state index in [-0.39, 0.29) is 0 Å². The maximum Gasteiger partial charge on any atom is 0.252 e. The first kappa shape index (κ1) is 18.2. The maximum absolute atomic E-state index is 12.5. The van der Waals surface area contributed by atoms with Crippen molar-refractivity contribution < 1.29 is 13.2 Å². The standard InChI is InChI=1S/C14H24N4O3S2/c1-2-3-6-16-14(15)17-11-12-4-5-13(22-12)23(19,20)18-7-9-21-10-8-18/h4-5H,2-3,6-11H2,1H3,(H3,15,16,17). The Balaban J connectivity index is 1.96. The van der Waals surface area contributed by atoms with Crippen molar-refractivity contribution in [3.05, 3.63) is 17.0 Å². The fraction of sp³-hybridized carbons (Fsp3) is 0.643. The molecule has 23 heavy (non-hydrogen) atoms. The lowest BCUT2D eigenvalue weighted by atomic mass is 10.3. The van der Waals surface area contributed by atoms with Gasteiger partial charge in [-0.15, -0.1) is 11.3 Å². The van der Waals surface area contributed by atoms with E-state index in [1.165, 1.54) is 15.6 Å². The van der Waals surface area contributed by atoms with Gasteiger partial charge in [-0.1, -0.05) is 13.3 Å². The van der Waals surface area contributed by atoms with Crippen molar-refractivity contribution in [3.8, 4) is 0 Å². The second-order valence-corrected chi connectivity index (χ2v) is 8.55. The van der Waals surface area contributed by atoms with Crippen LogP contribution in [0.5, 0.6) is 0 Å². The maximum atomic E-state index is 12.5. The minimum absolute atomic E-state index is 0.349. The van der Waals surface area contributed by atoms with E-state index >= 15 is 0 Å². The fourth-order valence-electron chi connectivity index (χ4n) is 2.11. The Morgan fingerprint density at radius 3 is 2.87 bits per heavy atom. The average Bonchev–Trinajstić information content (AvgIpc) is 3.04. The summed E-state index contributed by atoms with van der Waals surface area (Å²) in [5, 5.41) is 3.03. The summed E-state index contributed by atoms with van der Waals surface area (Å²) in [6, 6.07) is 3.43. The summed E-state index contributed by atoms with van der Waals surface area (Å²) in [4.78, 5) is 5.11. The largest absolute Gasteiger partial charge is 0.379 e. The van der Waals surface area contributed by atoms with Crippen LogP contribution >= 0.6 is 11.3 Å². The van der Waals surface area contributed by atoms with Crippen LogP contribution in [0.4, 0.5) is 0 Å². The number of nitrogens with one attached hydrogen (secondary N) is 1. The Hall–Kier alpha value is -1.16. The number of hydrogen-bond acceptors (Lipinski definition) is 5. The van der Waals surface area contributed by atoms with Crippen LogP contribution in [0.15, 0.2) is 21.3 Å². The highest BCUT2D eigenvalue weighted by Crippen LogP contribution is 2.26. The molecule has 7 nitrogen and oxygen atoms in total. The number of aliphatic imine (C=N–C) groups is 1. The van der Waals surface area contributed by atoms with Crippen LogP contribution in [0.2, 0.25) is 0 Å². The SMILES string of the molecule is CCCCNC(N)=NCc1ccc(S(=O)(=O)N2CCOCC2)s1. The van der Waals surface area contributed by atoms with E-state index in [0.717, 1.165) is 24.3 Å². The third-order valence-electron chi connectivity index (χ3n) is 3.44. The number of morpholine rings is 1. The minimum Gasteiger partial charge on any atom is -0.379 e. The highest BCUT2D eigenvalue weighted by atomic mass is 32.2. The van der Waals surface area contributed by atoms with Crippen molar-refractivity contribution in [3.63, 3.8) is 0 Å². The van der Waals surface area contributed by atoms with Crippen LogP contribution in [0.3, 0.4) is 0 Å². The molecular weight excluding hydrogens is 336 g/mol. The van der Waals surface area contributed by atoms with Crippen LogP contribution in [-0.2, 0) is 21.3 Å². The van der Waals surface area contributed by atoms with Gasteiger partial charge in [0.05, 0.1) is 19.8 Å². The van der Waals surface area contributed by atoms with E-state index < -0.39 is 10.0 Å². The topological polar surface area (TPSA) is 97.0 Å². The van der Waals surface area contributed by atoms with Crippen LogP contribution in [0.25, 0.3) is 0 Å². The molecule has 0 unspecified atom stereocenters. The number of hydrogen-bond donors (Lipinski definition) is 2. The molecule has 130 valence electrons. The molecule has 0 amide bonds. The molecule has 0 spiro atoms. The van der Waals surface area contributed by atoms with Gasteiger partial charge in [0.1, 0.15) is 4.21 Å². The Morgan fingerprint density at radius 1 is 1.43 bits per heavy atom. The van der Waals surface area contributed by atoms with E-state index in [1.54, 1.807) is 12.1 Å². The van der Waals surface area contributed by atoms with Crippen molar-refractivity contribution >= 4 is 27.3 Å². The molecule has 1 aliphatic heterocycles. The predicted octanol–water partition coefficient (Wildman–Crippen LogP) is 0.973.